The van der Waals surface area contributed by atoms with Crippen molar-refractivity contribution < 1.29 is 4.39 Å². The lowest BCUT2D eigenvalue weighted by Crippen LogP contribution is -2.15. The highest BCUT2D eigenvalue weighted by Gasteiger charge is 2.17. The molecule has 0 saturated heterocycles. The van der Waals surface area contributed by atoms with E-state index in [2.05, 4.69) is 5.10 Å². The summed E-state index contributed by atoms with van der Waals surface area (Å²) in [5, 5.41) is 4.77. The average Bonchev–Trinajstić information content (AvgIpc) is 2.56. The summed E-state index contributed by atoms with van der Waals surface area (Å²) in [5.74, 6) is -0.289. The summed E-state index contributed by atoms with van der Waals surface area (Å²) in [5.41, 5.74) is 8.23. The summed E-state index contributed by atoms with van der Waals surface area (Å²) in [4.78, 5) is 0. The Hall–Kier alpha value is -1.39. The fourth-order valence-corrected chi connectivity index (χ4v) is 2.26. The van der Waals surface area contributed by atoms with E-state index in [0.717, 1.165) is 11.3 Å². The highest BCUT2D eigenvalue weighted by molar-refractivity contribution is 6.30. The van der Waals surface area contributed by atoms with E-state index in [4.69, 9.17) is 17.3 Å². The van der Waals surface area contributed by atoms with Crippen LogP contribution in [0, 0.1) is 12.7 Å². The third-order valence-corrected chi connectivity index (χ3v) is 3.47. The van der Waals surface area contributed by atoms with Gasteiger partial charge in [-0.05, 0) is 19.4 Å². The largest absolute Gasteiger partial charge is 0.324 e. The first-order chi connectivity index (χ1) is 8.50. The molecule has 0 bridgehead atoms. The molecule has 2 aromatic rings. The molecule has 0 aliphatic heterocycles. The van der Waals surface area contributed by atoms with Crippen molar-refractivity contribution in [3.8, 4) is 0 Å². The Morgan fingerprint density at radius 3 is 2.67 bits per heavy atom. The highest BCUT2D eigenvalue weighted by atomic mass is 35.5. The van der Waals surface area contributed by atoms with E-state index in [9.17, 15) is 4.39 Å². The lowest BCUT2D eigenvalue weighted by Gasteiger charge is -2.12. The minimum atomic E-state index is -0.424. The number of rotatable bonds is 3. The van der Waals surface area contributed by atoms with Gasteiger partial charge in [-0.3, -0.25) is 4.68 Å². The molecule has 1 heterocycles. The van der Waals surface area contributed by atoms with Crippen molar-refractivity contribution in [2.75, 3.05) is 0 Å². The van der Waals surface area contributed by atoms with Crippen molar-refractivity contribution in [1.29, 1.82) is 0 Å². The van der Waals surface area contributed by atoms with E-state index in [-0.39, 0.29) is 5.82 Å². The van der Waals surface area contributed by atoms with Gasteiger partial charge >= 0.3 is 0 Å². The molecule has 2 rings (SSSR count). The number of aryl methyl sites for hydroxylation is 2. The maximum atomic E-state index is 13.6. The van der Waals surface area contributed by atoms with Crippen LogP contribution < -0.4 is 5.73 Å². The van der Waals surface area contributed by atoms with Gasteiger partial charge in [0.25, 0.3) is 0 Å². The van der Waals surface area contributed by atoms with Gasteiger partial charge < -0.3 is 5.73 Å². The Balaban J connectivity index is 2.27. The number of aromatic nitrogens is 2. The van der Waals surface area contributed by atoms with Crippen molar-refractivity contribution >= 4 is 11.6 Å². The fourth-order valence-electron chi connectivity index (χ4n) is 2.01. The van der Waals surface area contributed by atoms with E-state index < -0.39 is 6.04 Å². The molecule has 0 radical (unpaired) electrons. The van der Waals surface area contributed by atoms with Crippen LogP contribution in [0.5, 0.6) is 0 Å². The summed E-state index contributed by atoms with van der Waals surface area (Å²) in [6, 6.07) is 6.10. The van der Waals surface area contributed by atoms with Crippen LogP contribution in [0.3, 0.4) is 0 Å². The Labute approximate surface area is 110 Å². The number of hydrogen-bond acceptors (Lipinski definition) is 2. The zero-order valence-corrected chi connectivity index (χ0v) is 11.1. The molecule has 1 aromatic heterocycles. The fraction of sp³-hybridized carbons (Fsp3) is 0.308. The third-order valence-electron chi connectivity index (χ3n) is 3.00. The van der Waals surface area contributed by atoms with Gasteiger partial charge in [0.15, 0.2) is 0 Å². The quantitative estimate of drug-likeness (QED) is 0.929. The van der Waals surface area contributed by atoms with Crippen LogP contribution in [0.2, 0.25) is 5.15 Å². The molecule has 0 amide bonds. The molecule has 18 heavy (non-hydrogen) atoms. The van der Waals surface area contributed by atoms with Gasteiger partial charge in [0.05, 0.1) is 5.69 Å². The summed E-state index contributed by atoms with van der Waals surface area (Å²) < 4.78 is 15.2. The van der Waals surface area contributed by atoms with E-state index in [1.165, 1.54) is 6.07 Å². The topological polar surface area (TPSA) is 43.8 Å². The molecule has 0 spiro atoms. The summed E-state index contributed by atoms with van der Waals surface area (Å²) in [7, 11) is 1.77. The van der Waals surface area contributed by atoms with Gasteiger partial charge in [0.1, 0.15) is 11.0 Å². The van der Waals surface area contributed by atoms with E-state index >= 15 is 0 Å². The Morgan fingerprint density at radius 1 is 1.44 bits per heavy atom. The average molecular weight is 268 g/mol. The molecule has 0 saturated carbocycles. The minimum Gasteiger partial charge on any atom is -0.324 e. The summed E-state index contributed by atoms with van der Waals surface area (Å²) >= 11 is 6.14. The number of halogens is 2. The maximum absolute atomic E-state index is 13.6. The normalized spacial score (nSPS) is 12.7. The molecule has 2 N–H and O–H groups in total. The van der Waals surface area contributed by atoms with Gasteiger partial charge in [0.2, 0.25) is 0 Å². The Bertz CT molecular complexity index is 565. The van der Waals surface area contributed by atoms with E-state index in [1.807, 2.05) is 6.92 Å². The molecule has 0 fully saturated rings. The smallest absolute Gasteiger partial charge is 0.130 e. The second-order valence-corrected chi connectivity index (χ2v) is 4.67. The second-order valence-electron chi connectivity index (χ2n) is 4.31. The van der Waals surface area contributed by atoms with Crippen molar-refractivity contribution in [1.82, 2.24) is 9.78 Å². The molecule has 1 unspecified atom stereocenters. The SMILES string of the molecule is Cc1nn(C)c(Cl)c1CC(N)c1ccccc1F. The first kappa shape index (κ1) is 13.1. The molecule has 0 aliphatic carbocycles. The molecule has 1 aromatic carbocycles. The second kappa shape index (κ2) is 5.08. The first-order valence-electron chi connectivity index (χ1n) is 5.68. The molecule has 0 aliphatic rings. The maximum Gasteiger partial charge on any atom is 0.130 e. The Morgan fingerprint density at radius 2 is 2.11 bits per heavy atom. The van der Waals surface area contributed by atoms with Crippen LogP contribution in [0.25, 0.3) is 0 Å². The highest BCUT2D eigenvalue weighted by Crippen LogP contribution is 2.25. The van der Waals surface area contributed by atoms with E-state index in [1.54, 1.807) is 29.9 Å². The lowest BCUT2D eigenvalue weighted by molar-refractivity contribution is 0.580. The molecule has 5 heteroatoms. The first-order valence-corrected chi connectivity index (χ1v) is 6.06. The third kappa shape index (κ3) is 2.40. The van der Waals surface area contributed by atoms with Crippen LogP contribution in [0.15, 0.2) is 24.3 Å². The predicted octanol–water partition coefficient (Wildman–Crippen LogP) is 2.76. The van der Waals surface area contributed by atoms with Gasteiger partial charge in [-0.1, -0.05) is 29.8 Å². The molecular formula is C13H15ClFN3. The van der Waals surface area contributed by atoms with Crippen molar-refractivity contribution in [3.63, 3.8) is 0 Å². The van der Waals surface area contributed by atoms with Gasteiger partial charge in [-0.2, -0.15) is 5.10 Å². The lowest BCUT2D eigenvalue weighted by atomic mass is 10.00. The van der Waals surface area contributed by atoms with Crippen molar-refractivity contribution in [2.24, 2.45) is 12.8 Å². The van der Waals surface area contributed by atoms with Crippen molar-refractivity contribution in [3.05, 3.63) is 52.1 Å². The Kier molecular flexibility index (Phi) is 3.68. The van der Waals surface area contributed by atoms with Crippen LogP contribution in [-0.4, -0.2) is 9.78 Å². The van der Waals surface area contributed by atoms with Crippen LogP contribution >= 0.6 is 11.6 Å². The standard InChI is InChI=1S/C13H15ClFN3/c1-8-10(13(14)18(2)17-8)7-12(16)9-5-3-4-6-11(9)15/h3-6,12H,7,16H2,1-2H3. The van der Waals surface area contributed by atoms with Gasteiger partial charge in [0, 0.05) is 24.2 Å². The van der Waals surface area contributed by atoms with E-state index in [0.29, 0.717) is 17.1 Å². The van der Waals surface area contributed by atoms with Crippen LogP contribution in [-0.2, 0) is 13.5 Å². The molecular weight excluding hydrogens is 253 g/mol. The number of benzene rings is 1. The summed E-state index contributed by atoms with van der Waals surface area (Å²) in [6.45, 7) is 1.87. The van der Waals surface area contributed by atoms with Gasteiger partial charge in [-0.25, -0.2) is 4.39 Å². The minimum absolute atomic E-state index is 0.289. The predicted molar refractivity (Wildman–Crippen MR) is 70.0 cm³/mol. The zero-order valence-electron chi connectivity index (χ0n) is 10.3. The van der Waals surface area contributed by atoms with Crippen LogP contribution in [0.4, 0.5) is 4.39 Å². The van der Waals surface area contributed by atoms with Crippen molar-refractivity contribution in [2.45, 2.75) is 19.4 Å². The van der Waals surface area contributed by atoms with Crippen LogP contribution in [0.1, 0.15) is 22.9 Å². The molecule has 3 nitrogen and oxygen atoms in total. The van der Waals surface area contributed by atoms with Gasteiger partial charge in [-0.15, -0.1) is 0 Å². The zero-order chi connectivity index (χ0) is 13.3. The number of nitrogens with zero attached hydrogens (tertiary/aromatic N) is 2. The monoisotopic (exact) mass is 267 g/mol. The molecule has 1 atom stereocenters. The summed E-state index contributed by atoms with van der Waals surface area (Å²) in [6.07, 6.45) is 0.472. The number of nitrogens with two attached hydrogens (primary N) is 1. The molecule has 96 valence electrons. The number of hydrogen-bond donors (Lipinski definition) is 1.